The number of aromatic nitrogens is 2. The lowest BCUT2D eigenvalue weighted by Crippen LogP contribution is -2.15. The summed E-state index contributed by atoms with van der Waals surface area (Å²) in [5.41, 5.74) is 2.28. The topological polar surface area (TPSA) is 64.1 Å². The normalized spacial score (nSPS) is 10.4. The molecule has 0 fully saturated rings. The predicted molar refractivity (Wildman–Crippen MR) is 83.9 cm³/mol. The van der Waals surface area contributed by atoms with E-state index in [1.54, 1.807) is 0 Å². The lowest BCUT2D eigenvalue weighted by Gasteiger charge is -2.10. The second-order valence-corrected chi connectivity index (χ2v) is 5.76. The van der Waals surface area contributed by atoms with Gasteiger partial charge in [0.05, 0.1) is 13.0 Å². The van der Waals surface area contributed by atoms with E-state index in [9.17, 15) is 4.79 Å². The summed E-state index contributed by atoms with van der Waals surface area (Å²) in [7, 11) is 0. The van der Waals surface area contributed by atoms with E-state index in [1.165, 1.54) is 16.9 Å². The van der Waals surface area contributed by atoms with Crippen molar-refractivity contribution >= 4 is 22.4 Å². The van der Waals surface area contributed by atoms with Crippen molar-refractivity contribution in [2.45, 2.75) is 33.6 Å². The molecular weight excluding hydrogens is 286 g/mol. The summed E-state index contributed by atoms with van der Waals surface area (Å²) in [4.78, 5) is 11.8. The highest BCUT2D eigenvalue weighted by Gasteiger charge is 2.08. The first-order valence-corrected chi connectivity index (χ1v) is 7.73. The second-order valence-electron chi connectivity index (χ2n) is 4.70. The molecule has 2 rings (SSSR count). The highest BCUT2D eigenvalue weighted by Crippen LogP contribution is 2.20. The lowest BCUT2D eigenvalue weighted by molar-refractivity contribution is -0.116. The summed E-state index contributed by atoms with van der Waals surface area (Å²) in [5, 5.41) is 12.1. The minimum absolute atomic E-state index is 0.112. The van der Waals surface area contributed by atoms with Crippen LogP contribution in [0, 0.1) is 13.8 Å². The Morgan fingerprint density at radius 1 is 1.33 bits per heavy atom. The van der Waals surface area contributed by atoms with Gasteiger partial charge < -0.3 is 10.1 Å². The zero-order valence-electron chi connectivity index (χ0n) is 12.5. The van der Waals surface area contributed by atoms with Gasteiger partial charge in [0, 0.05) is 0 Å². The maximum absolute atomic E-state index is 11.8. The summed E-state index contributed by atoms with van der Waals surface area (Å²) in [6.45, 7) is 6.40. The van der Waals surface area contributed by atoms with Crippen LogP contribution in [0.5, 0.6) is 5.75 Å². The average Bonchev–Trinajstić information content (AvgIpc) is 2.91. The molecule has 2 aromatic rings. The number of rotatable bonds is 6. The van der Waals surface area contributed by atoms with Crippen molar-refractivity contribution in [3.05, 3.63) is 34.3 Å². The Hall–Kier alpha value is -1.95. The number of carbonyl (C=O) groups is 1. The number of anilines is 1. The van der Waals surface area contributed by atoms with Crippen LogP contribution in [0.4, 0.5) is 5.13 Å². The van der Waals surface area contributed by atoms with Gasteiger partial charge in [-0.05, 0) is 37.5 Å². The highest BCUT2D eigenvalue weighted by atomic mass is 32.1. The Morgan fingerprint density at radius 3 is 2.86 bits per heavy atom. The molecule has 0 saturated carbocycles. The molecule has 0 bridgehead atoms. The molecule has 0 spiro atoms. The van der Waals surface area contributed by atoms with E-state index in [2.05, 4.69) is 15.5 Å². The number of amides is 1. The molecule has 0 unspecified atom stereocenters. The van der Waals surface area contributed by atoms with Crippen molar-refractivity contribution in [2.24, 2.45) is 0 Å². The van der Waals surface area contributed by atoms with Crippen molar-refractivity contribution in [2.75, 3.05) is 11.9 Å². The molecule has 0 aliphatic heterocycles. The van der Waals surface area contributed by atoms with Gasteiger partial charge in [-0.3, -0.25) is 4.79 Å². The quantitative estimate of drug-likeness (QED) is 0.890. The molecule has 112 valence electrons. The van der Waals surface area contributed by atoms with Crippen LogP contribution < -0.4 is 10.1 Å². The molecule has 1 amide bonds. The minimum Gasteiger partial charge on any atom is -0.493 e. The van der Waals surface area contributed by atoms with Crippen molar-refractivity contribution in [1.29, 1.82) is 0 Å². The van der Waals surface area contributed by atoms with Crippen molar-refractivity contribution < 1.29 is 9.53 Å². The number of hydrogen-bond acceptors (Lipinski definition) is 5. The number of benzene rings is 1. The van der Waals surface area contributed by atoms with Gasteiger partial charge in [-0.1, -0.05) is 30.4 Å². The summed E-state index contributed by atoms with van der Waals surface area (Å²) in [6.07, 6.45) is 1.11. The SMILES string of the molecule is CCc1nnc(NC(=O)CCOc2cccc(C)c2C)s1. The summed E-state index contributed by atoms with van der Waals surface area (Å²) in [5.74, 6) is 0.714. The van der Waals surface area contributed by atoms with Gasteiger partial charge in [0.25, 0.3) is 0 Å². The number of ether oxygens (including phenoxy) is 1. The van der Waals surface area contributed by atoms with Crippen LogP contribution in [0.15, 0.2) is 18.2 Å². The summed E-state index contributed by atoms with van der Waals surface area (Å²) < 4.78 is 5.66. The number of aryl methyl sites for hydroxylation is 2. The number of nitrogens with zero attached hydrogens (tertiary/aromatic N) is 2. The molecule has 0 aliphatic carbocycles. The van der Waals surface area contributed by atoms with E-state index in [0.717, 1.165) is 22.7 Å². The van der Waals surface area contributed by atoms with E-state index in [1.807, 2.05) is 39.0 Å². The fourth-order valence-electron chi connectivity index (χ4n) is 1.76. The Labute approximate surface area is 128 Å². The van der Waals surface area contributed by atoms with Crippen LogP contribution in [0.2, 0.25) is 0 Å². The van der Waals surface area contributed by atoms with Crippen LogP contribution in [-0.4, -0.2) is 22.7 Å². The Kier molecular flexibility index (Phi) is 5.27. The molecule has 6 heteroatoms. The van der Waals surface area contributed by atoms with E-state index in [-0.39, 0.29) is 12.3 Å². The van der Waals surface area contributed by atoms with Crippen molar-refractivity contribution in [1.82, 2.24) is 10.2 Å². The zero-order valence-corrected chi connectivity index (χ0v) is 13.3. The molecule has 1 heterocycles. The van der Waals surface area contributed by atoms with E-state index in [0.29, 0.717) is 11.7 Å². The third kappa shape index (κ3) is 4.26. The molecule has 0 atom stereocenters. The van der Waals surface area contributed by atoms with E-state index < -0.39 is 0 Å². The number of nitrogens with one attached hydrogen (secondary N) is 1. The van der Waals surface area contributed by atoms with Crippen molar-refractivity contribution in [3.8, 4) is 5.75 Å². The average molecular weight is 305 g/mol. The standard InChI is InChI=1S/C15H19N3O2S/c1-4-14-17-18-15(21-14)16-13(19)8-9-20-12-7-5-6-10(2)11(12)3/h5-7H,4,8-9H2,1-3H3,(H,16,18,19). The first kappa shape index (κ1) is 15.4. The van der Waals surface area contributed by atoms with Gasteiger partial charge in [-0.2, -0.15) is 0 Å². The van der Waals surface area contributed by atoms with E-state index in [4.69, 9.17) is 4.74 Å². The minimum atomic E-state index is -0.112. The monoisotopic (exact) mass is 305 g/mol. The molecule has 21 heavy (non-hydrogen) atoms. The fraction of sp³-hybridized carbons (Fsp3) is 0.400. The largest absolute Gasteiger partial charge is 0.493 e. The van der Waals surface area contributed by atoms with Crippen LogP contribution in [0.3, 0.4) is 0 Å². The van der Waals surface area contributed by atoms with Gasteiger partial charge in [-0.25, -0.2) is 0 Å². The molecular formula is C15H19N3O2S. The van der Waals surface area contributed by atoms with Crippen LogP contribution in [0.25, 0.3) is 0 Å². The van der Waals surface area contributed by atoms with Gasteiger partial charge in [0.2, 0.25) is 11.0 Å². The molecule has 1 aromatic heterocycles. The molecule has 1 aromatic carbocycles. The smallest absolute Gasteiger partial charge is 0.229 e. The van der Waals surface area contributed by atoms with Gasteiger partial charge in [-0.15, -0.1) is 10.2 Å². The van der Waals surface area contributed by atoms with E-state index >= 15 is 0 Å². The molecule has 0 saturated heterocycles. The Balaban J connectivity index is 1.80. The summed E-state index contributed by atoms with van der Waals surface area (Å²) in [6, 6.07) is 5.90. The molecule has 5 nitrogen and oxygen atoms in total. The van der Waals surface area contributed by atoms with Gasteiger partial charge >= 0.3 is 0 Å². The third-order valence-electron chi connectivity index (χ3n) is 3.16. The highest BCUT2D eigenvalue weighted by molar-refractivity contribution is 7.15. The Bertz CT molecular complexity index is 625. The first-order valence-electron chi connectivity index (χ1n) is 6.91. The zero-order chi connectivity index (χ0) is 15.2. The lowest BCUT2D eigenvalue weighted by atomic mass is 10.1. The van der Waals surface area contributed by atoms with Crippen LogP contribution in [-0.2, 0) is 11.2 Å². The molecule has 0 aliphatic rings. The van der Waals surface area contributed by atoms with Gasteiger partial charge in [0.15, 0.2) is 0 Å². The molecule has 0 radical (unpaired) electrons. The maximum Gasteiger partial charge on any atom is 0.229 e. The molecule has 1 N–H and O–H groups in total. The number of hydrogen-bond donors (Lipinski definition) is 1. The first-order chi connectivity index (χ1) is 10.1. The third-order valence-corrected chi connectivity index (χ3v) is 4.14. The second kappa shape index (κ2) is 7.17. The van der Waals surface area contributed by atoms with Crippen LogP contribution in [0.1, 0.15) is 29.5 Å². The fourth-order valence-corrected chi connectivity index (χ4v) is 2.46. The van der Waals surface area contributed by atoms with Gasteiger partial charge in [0.1, 0.15) is 10.8 Å². The maximum atomic E-state index is 11.8. The van der Waals surface area contributed by atoms with Crippen LogP contribution >= 0.6 is 11.3 Å². The number of carbonyl (C=O) groups excluding carboxylic acids is 1. The predicted octanol–water partition coefficient (Wildman–Crippen LogP) is 3.12. The van der Waals surface area contributed by atoms with Crippen molar-refractivity contribution in [3.63, 3.8) is 0 Å². The Morgan fingerprint density at radius 2 is 2.14 bits per heavy atom. The summed E-state index contributed by atoms with van der Waals surface area (Å²) >= 11 is 1.40.